The van der Waals surface area contributed by atoms with E-state index in [1.165, 1.54) is 0 Å². The van der Waals surface area contributed by atoms with E-state index >= 15 is 0 Å². The van der Waals surface area contributed by atoms with Gasteiger partial charge in [0.2, 0.25) is 0 Å². The molecule has 31 valence electrons. The van der Waals surface area contributed by atoms with Gasteiger partial charge in [0.25, 0.3) is 0 Å². The summed E-state index contributed by atoms with van der Waals surface area (Å²) >= 11 is 3.17. The van der Waals surface area contributed by atoms with Crippen LogP contribution in [0.3, 0.4) is 0 Å². The van der Waals surface area contributed by atoms with E-state index in [1.807, 2.05) is 0 Å². The Morgan fingerprint density at radius 3 is 1.25 bits per heavy atom. The molecule has 1 atom stereocenters. The third-order valence-corrected chi connectivity index (χ3v) is 0. The summed E-state index contributed by atoms with van der Waals surface area (Å²) in [5, 5.41) is 0. The Morgan fingerprint density at radius 2 is 1.25 bits per heavy atom. The van der Waals surface area contributed by atoms with Crippen molar-refractivity contribution in [3.8, 4) is 0 Å². The number of rotatable bonds is 0. The predicted molar refractivity (Wildman–Crippen MR) is 9.71 cm³/mol. The first-order valence-electron chi connectivity index (χ1n) is 0.204. The van der Waals surface area contributed by atoms with Crippen molar-refractivity contribution in [2.75, 3.05) is 0 Å². The zero-order chi connectivity index (χ0) is 2.00. The second-order valence-electron chi connectivity index (χ2n) is 0. The van der Waals surface area contributed by atoms with Crippen LogP contribution in [0.2, 0.25) is 0 Å². The monoisotopic (exact) mass is 199 g/mol. The Balaban J connectivity index is -0.00000000500. The minimum absolute atomic E-state index is 0. The Bertz CT molecular complexity index is 8.00. The molecule has 0 N–H and O–H groups in total. The first kappa shape index (κ1) is 16.7. The second-order valence-corrected chi connectivity index (χ2v) is 0. The van der Waals surface area contributed by atoms with E-state index in [0.717, 1.165) is 0 Å². The topological polar surface area (TPSA) is 0 Å². The van der Waals surface area contributed by atoms with Gasteiger partial charge >= 0.3 is 23.5 Å². The molecule has 4 heteroatoms. The molecule has 0 aliphatic rings. The molecule has 0 nitrogen and oxygen atoms in total. The van der Waals surface area contributed by atoms with Crippen LogP contribution >= 0.6 is 7.93 Å². The molecule has 0 spiro atoms. The van der Waals surface area contributed by atoms with Crippen molar-refractivity contribution in [2.45, 2.75) is 0 Å². The molecule has 0 heterocycles. The third kappa shape index (κ3) is 9.02. The van der Waals surface area contributed by atoms with Gasteiger partial charge in [-0.2, -0.15) is 0 Å². The van der Waals surface area contributed by atoms with Gasteiger partial charge in [0, 0.05) is 33.9 Å². The summed E-state index contributed by atoms with van der Waals surface area (Å²) in [6.07, 6.45) is 0. The van der Waals surface area contributed by atoms with Crippen molar-refractivity contribution >= 4 is 7.93 Å². The summed E-state index contributed by atoms with van der Waals surface area (Å²) < 4.78 is 0. The number of hydrogen-bond acceptors (Lipinski definition) is 0. The van der Waals surface area contributed by atoms with E-state index in [2.05, 4.69) is 23.5 Å². The van der Waals surface area contributed by atoms with Gasteiger partial charge < -0.3 is 0 Å². The molecule has 0 aliphatic carbocycles. The molecule has 0 aromatic rings. The van der Waals surface area contributed by atoms with Crippen LogP contribution in [0.25, 0.3) is 0 Å². The van der Waals surface area contributed by atoms with E-state index in [9.17, 15) is 0 Å². The van der Waals surface area contributed by atoms with E-state index in [0.29, 0.717) is 0 Å². The molecule has 0 aromatic carbocycles. The Hall–Kier alpha value is 1.98. The Kier molecular flexibility index (Phi) is 84.2. The van der Waals surface area contributed by atoms with Gasteiger partial charge in [-0.25, -0.2) is 0 Å². The Morgan fingerprint density at radius 1 is 1.25 bits per heavy atom. The molecule has 0 fully saturated rings. The van der Waals surface area contributed by atoms with Crippen molar-refractivity contribution in [1.82, 2.24) is 0 Å². The molecule has 1 unspecified atom stereocenters. The van der Waals surface area contributed by atoms with Crippen LogP contribution in [-0.2, 0) is 49.4 Å². The molecule has 0 bridgehead atoms. The summed E-state index contributed by atoms with van der Waals surface area (Å²) in [7, 11) is 2.17. The zero-order valence-corrected chi connectivity index (χ0v) is 6.18. The van der Waals surface area contributed by atoms with Gasteiger partial charge in [-0.1, -0.05) is 0 Å². The van der Waals surface area contributed by atoms with Gasteiger partial charge in [0.05, 0.1) is 0 Å². The zero-order valence-electron chi connectivity index (χ0n) is 1.66. The van der Waals surface area contributed by atoms with Gasteiger partial charge in [0.15, 0.2) is 0 Å². The third-order valence-electron chi connectivity index (χ3n) is 0. The second kappa shape index (κ2) is 20.1. The van der Waals surface area contributed by atoms with Gasteiger partial charge in [-0.05, 0) is 0 Å². The predicted octanol–water partition coefficient (Wildman–Crippen LogP) is 0.318. The maximum atomic E-state index is 3.17. The fourth-order valence-corrected chi connectivity index (χ4v) is 0. The standard InChI is InChI=1S/Cr.Fe.Ni.H2P/h;;;1H2/q;+1;;-1. The first-order chi connectivity index (χ1) is 1.00. The van der Waals surface area contributed by atoms with Crippen LogP contribution in [0, 0.1) is 0 Å². The molecule has 0 aliphatic heterocycles. The van der Waals surface area contributed by atoms with Crippen molar-refractivity contribution in [2.24, 2.45) is 0 Å². The van der Waals surface area contributed by atoms with Crippen molar-refractivity contribution in [3.05, 3.63) is 0 Å². The fraction of sp³-hybridized carbons (Fsp3) is 0. The van der Waals surface area contributed by atoms with Crippen molar-refractivity contribution in [1.29, 1.82) is 0 Å². The number of hydrogen-bond donors (Lipinski definition) is 0. The SMILES string of the molecule is [Cr].[Ni].[PH2][Fe]. The molecule has 0 saturated heterocycles. The quantitative estimate of drug-likeness (QED) is 0.389. The molecule has 0 aromatic heterocycles. The van der Waals surface area contributed by atoms with Crippen LogP contribution in [-0.4, -0.2) is 0 Å². The minimum atomic E-state index is 0. The summed E-state index contributed by atoms with van der Waals surface area (Å²) in [5.74, 6) is 0. The van der Waals surface area contributed by atoms with Crippen LogP contribution in [0.4, 0.5) is 0 Å². The molecule has 4 heavy (non-hydrogen) atoms. The van der Waals surface area contributed by atoms with Gasteiger partial charge in [-0.3, -0.25) is 0 Å². The van der Waals surface area contributed by atoms with Gasteiger partial charge in [0.1, 0.15) is 0 Å². The first-order valence-corrected chi connectivity index (χ1v) is 2.52. The molecule has 0 radical (unpaired) electrons. The maximum absolute atomic E-state index is 3.17. The van der Waals surface area contributed by atoms with Crippen LogP contribution in [0.15, 0.2) is 0 Å². The van der Waals surface area contributed by atoms with E-state index in [4.69, 9.17) is 0 Å². The average molecular weight is 200 g/mol. The molecule has 0 saturated carbocycles. The van der Waals surface area contributed by atoms with E-state index < -0.39 is 0 Å². The van der Waals surface area contributed by atoms with Crippen molar-refractivity contribution < 1.29 is 49.4 Å². The molecule has 0 amide bonds. The summed E-state index contributed by atoms with van der Waals surface area (Å²) in [4.78, 5) is 0. The van der Waals surface area contributed by atoms with E-state index in [-0.39, 0.29) is 33.9 Å². The summed E-state index contributed by atoms with van der Waals surface area (Å²) in [6.45, 7) is 0. The fourth-order valence-electron chi connectivity index (χ4n) is 0. The Labute approximate surface area is 57.2 Å². The molecule has 0 rings (SSSR count). The van der Waals surface area contributed by atoms with Crippen molar-refractivity contribution in [3.63, 3.8) is 0 Å². The van der Waals surface area contributed by atoms with Crippen LogP contribution in [0.1, 0.15) is 0 Å². The normalized spacial score (nSPS) is 1.50. The summed E-state index contributed by atoms with van der Waals surface area (Å²) in [5.41, 5.74) is 0. The van der Waals surface area contributed by atoms with E-state index in [1.54, 1.807) is 0 Å². The molecular weight excluding hydrogens is 198 g/mol. The van der Waals surface area contributed by atoms with Crippen LogP contribution in [0.5, 0.6) is 0 Å². The van der Waals surface area contributed by atoms with Gasteiger partial charge in [-0.15, -0.1) is 0 Å². The summed E-state index contributed by atoms with van der Waals surface area (Å²) in [6, 6.07) is 0. The molecular formula is H2CrFeNiP. The van der Waals surface area contributed by atoms with Crippen LogP contribution < -0.4 is 0 Å². The average Bonchev–Trinajstić information content (AvgIpc) is 1.00.